The van der Waals surface area contributed by atoms with E-state index >= 15 is 0 Å². The van der Waals surface area contributed by atoms with Gasteiger partial charge in [0.1, 0.15) is 17.0 Å². The second kappa shape index (κ2) is 6.71. The Kier molecular flexibility index (Phi) is 4.02. The Labute approximate surface area is 168 Å². The monoisotopic (exact) mass is 383 g/mol. The second-order valence-corrected chi connectivity index (χ2v) is 7.17. The standard InChI is InChI=1S/C24H21N3O2/c1-14-12-16(4-7-22(14)28-3)23-13-21-24(29-23)20(9-11-26-21)27-18-5-6-19-17(15(18)2)8-10-25-19/h4-13,25H,1-3H3,(H,26,27). The third-order valence-electron chi connectivity index (χ3n) is 5.36. The summed E-state index contributed by atoms with van der Waals surface area (Å²) in [6.45, 7) is 4.14. The van der Waals surface area contributed by atoms with Crippen LogP contribution in [0.25, 0.3) is 33.3 Å². The summed E-state index contributed by atoms with van der Waals surface area (Å²) in [4.78, 5) is 7.74. The van der Waals surface area contributed by atoms with Gasteiger partial charge < -0.3 is 19.5 Å². The zero-order valence-electron chi connectivity index (χ0n) is 16.5. The van der Waals surface area contributed by atoms with Crippen LogP contribution in [0.2, 0.25) is 0 Å². The predicted octanol–water partition coefficient (Wildman–Crippen LogP) is 6.35. The summed E-state index contributed by atoms with van der Waals surface area (Å²) in [6.07, 6.45) is 3.76. The van der Waals surface area contributed by atoms with Crippen LogP contribution < -0.4 is 10.1 Å². The fraction of sp³-hybridized carbons (Fsp3) is 0.125. The van der Waals surface area contributed by atoms with Crippen LogP contribution in [0.15, 0.2) is 65.3 Å². The minimum atomic E-state index is 0.740. The number of aryl methyl sites for hydroxylation is 2. The molecule has 0 fully saturated rings. The number of pyridine rings is 1. The van der Waals surface area contributed by atoms with E-state index in [0.717, 1.165) is 50.6 Å². The lowest BCUT2D eigenvalue weighted by Gasteiger charge is -2.10. The number of aromatic amines is 1. The van der Waals surface area contributed by atoms with Crippen LogP contribution in [0, 0.1) is 13.8 Å². The summed E-state index contributed by atoms with van der Waals surface area (Å²) in [7, 11) is 1.68. The number of hydrogen-bond acceptors (Lipinski definition) is 4. The molecule has 5 heteroatoms. The Bertz CT molecular complexity index is 1350. The highest BCUT2D eigenvalue weighted by atomic mass is 16.5. The quantitative estimate of drug-likeness (QED) is 0.380. The summed E-state index contributed by atoms with van der Waals surface area (Å²) in [5, 5.41) is 4.73. The van der Waals surface area contributed by atoms with E-state index in [1.165, 1.54) is 10.9 Å². The lowest BCUT2D eigenvalue weighted by Crippen LogP contribution is -1.94. The van der Waals surface area contributed by atoms with Gasteiger partial charge in [0.2, 0.25) is 0 Å². The zero-order chi connectivity index (χ0) is 20.0. The van der Waals surface area contributed by atoms with Crippen LogP contribution in [0.5, 0.6) is 5.75 Å². The van der Waals surface area contributed by atoms with Gasteiger partial charge in [0.25, 0.3) is 0 Å². The molecule has 5 aromatic rings. The van der Waals surface area contributed by atoms with Crippen LogP contribution in [0.3, 0.4) is 0 Å². The average Bonchev–Trinajstić information content (AvgIpc) is 3.38. The van der Waals surface area contributed by atoms with E-state index in [0.29, 0.717) is 0 Å². The number of rotatable bonds is 4. The molecule has 5 rings (SSSR count). The van der Waals surface area contributed by atoms with Gasteiger partial charge in [0, 0.05) is 40.6 Å². The van der Waals surface area contributed by atoms with Gasteiger partial charge in [0.05, 0.1) is 12.8 Å². The summed E-state index contributed by atoms with van der Waals surface area (Å²) in [5.41, 5.74) is 7.87. The Morgan fingerprint density at radius 2 is 1.90 bits per heavy atom. The van der Waals surface area contributed by atoms with Crippen LogP contribution in [0.1, 0.15) is 11.1 Å². The van der Waals surface area contributed by atoms with E-state index in [9.17, 15) is 0 Å². The van der Waals surface area contributed by atoms with Crippen molar-refractivity contribution in [2.75, 3.05) is 12.4 Å². The second-order valence-electron chi connectivity index (χ2n) is 7.17. The Balaban J connectivity index is 1.56. The minimum Gasteiger partial charge on any atom is -0.496 e. The maximum atomic E-state index is 6.23. The SMILES string of the molecule is COc1ccc(-c2cc3nccc(Nc4ccc5[nH]ccc5c4C)c3o2)cc1C. The number of nitrogens with zero attached hydrogens (tertiary/aromatic N) is 1. The zero-order valence-corrected chi connectivity index (χ0v) is 16.5. The van der Waals surface area contributed by atoms with Gasteiger partial charge >= 0.3 is 0 Å². The molecule has 0 aliphatic rings. The number of aromatic nitrogens is 2. The fourth-order valence-corrected chi connectivity index (χ4v) is 3.77. The number of ether oxygens (including phenoxy) is 1. The molecule has 5 nitrogen and oxygen atoms in total. The van der Waals surface area contributed by atoms with E-state index in [2.05, 4.69) is 46.5 Å². The van der Waals surface area contributed by atoms with Gasteiger partial charge in [-0.2, -0.15) is 0 Å². The van der Waals surface area contributed by atoms with E-state index in [4.69, 9.17) is 9.15 Å². The summed E-state index contributed by atoms with van der Waals surface area (Å²) >= 11 is 0. The van der Waals surface area contributed by atoms with Crippen molar-refractivity contribution in [3.05, 3.63) is 72.1 Å². The predicted molar refractivity (Wildman–Crippen MR) is 117 cm³/mol. The van der Waals surface area contributed by atoms with Crippen LogP contribution in [-0.2, 0) is 0 Å². The topological polar surface area (TPSA) is 63.1 Å². The number of methoxy groups -OCH3 is 1. The smallest absolute Gasteiger partial charge is 0.176 e. The summed E-state index contributed by atoms with van der Waals surface area (Å²) in [6, 6.07) is 16.2. The van der Waals surface area contributed by atoms with Gasteiger partial charge in [0.15, 0.2) is 5.58 Å². The molecule has 0 unspecified atom stereocenters. The van der Waals surface area contributed by atoms with Gasteiger partial charge in [-0.1, -0.05) is 0 Å². The van der Waals surface area contributed by atoms with Crippen molar-refractivity contribution in [1.82, 2.24) is 9.97 Å². The highest BCUT2D eigenvalue weighted by molar-refractivity contribution is 5.94. The van der Waals surface area contributed by atoms with Crippen molar-refractivity contribution in [3.63, 3.8) is 0 Å². The van der Waals surface area contributed by atoms with Crippen molar-refractivity contribution in [2.45, 2.75) is 13.8 Å². The first-order chi connectivity index (χ1) is 14.1. The number of nitrogens with one attached hydrogen (secondary N) is 2. The first-order valence-corrected chi connectivity index (χ1v) is 9.51. The van der Waals surface area contributed by atoms with Crippen LogP contribution >= 0.6 is 0 Å². The molecule has 3 aromatic heterocycles. The maximum Gasteiger partial charge on any atom is 0.176 e. The van der Waals surface area contributed by atoms with Gasteiger partial charge in [-0.3, -0.25) is 4.98 Å². The lowest BCUT2D eigenvalue weighted by atomic mass is 10.1. The van der Waals surface area contributed by atoms with Crippen molar-refractivity contribution in [1.29, 1.82) is 0 Å². The highest BCUT2D eigenvalue weighted by Crippen LogP contribution is 2.35. The number of anilines is 2. The largest absolute Gasteiger partial charge is 0.496 e. The molecule has 0 amide bonds. The van der Waals surface area contributed by atoms with Crippen LogP contribution in [-0.4, -0.2) is 17.1 Å². The first-order valence-electron chi connectivity index (χ1n) is 9.51. The average molecular weight is 383 g/mol. The third-order valence-corrected chi connectivity index (χ3v) is 5.36. The van der Waals surface area contributed by atoms with Crippen molar-refractivity contribution in [3.8, 4) is 17.1 Å². The first kappa shape index (κ1) is 17.4. The molecule has 0 aliphatic carbocycles. The number of H-pyrrole nitrogens is 1. The molecule has 144 valence electrons. The summed E-state index contributed by atoms with van der Waals surface area (Å²) in [5.74, 6) is 1.64. The van der Waals surface area contributed by atoms with Gasteiger partial charge in [-0.25, -0.2) is 0 Å². The number of fused-ring (bicyclic) bond motifs is 2. The van der Waals surface area contributed by atoms with Crippen molar-refractivity contribution >= 4 is 33.4 Å². The molecular weight excluding hydrogens is 362 g/mol. The van der Waals surface area contributed by atoms with E-state index in [1.807, 2.05) is 37.4 Å². The molecular formula is C24H21N3O2. The highest BCUT2D eigenvalue weighted by Gasteiger charge is 2.13. The molecule has 29 heavy (non-hydrogen) atoms. The summed E-state index contributed by atoms with van der Waals surface area (Å²) < 4.78 is 11.6. The number of benzene rings is 2. The van der Waals surface area contributed by atoms with Crippen molar-refractivity contribution < 1.29 is 9.15 Å². The number of furan rings is 1. The molecule has 2 aromatic carbocycles. The van der Waals surface area contributed by atoms with Crippen LogP contribution in [0.4, 0.5) is 11.4 Å². The molecule has 0 saturated carbocycles. The molecule has 0 radical (unpaired) electrons. The maximum absolute atomic E-state index is 6.23. The Morgan fingerprint density at radius 3 is 2.72 bits per heavy atom. The molecule has 3 heterocycles. The van der Waals surface area contributed by atoms with Gasteiger partial charge in [-0.15, -0.1) is 0 Å². The Morgan fingerprint density at radius 1 is 1.00 bits per heavy atom. The van der Waals surface area contributed by atoms with E-state index in [-0.39, 0.29) is 0 Å². The lowest BCUT2D eigenvalue weighted by molar-refractivity contribution is 0.411. The van der Waals surface area contributed by atoms with Crippen molar-refractivity contribution in [2.24, 2.45) is 0 Å². The molecule has 0 atom stereocenters. The normalized spacial score (nSPS) is 11.3. The van der Waals surface area contributed by atoms with E-state index in [1.54, 1.807) is 13.3 Å². The van der Waals surface area contributed by atoms with Gasteiger partial charge in [-0.05, 0) is 67.4 Å². The fourth-order valence-electron chi connectivity index (χ4n) is 3.77. The minimum absolute atomic E-state index is 0.740. The molecule has 0 saturated heterocycles. The third kappa shape index (κ3) is 2.91. The Hall–Kier alpha value is -3.73. The molecule has 0 bridgehead atoms. The molecule has 0 aliphatic heterocycles. The van der Waals surface area contributed by atoms with E-state index < -0.39 is 0 Å². The number of hydrogen-bond donors (Lipinski definition) is 2. The molecule has 2 N–H and O–H groups in total. The molecule has 0 spiro atoms.